The Hall–Kier alpha value is -1.89. The molecule has 2 aliphatic rings. The molecule has 0 saturated carbocycles. The number of carbonyl (C=O) groups is 1. The third-order valence-corrected chi connectivity index (χ3v) is 3.93. The molecule has 92 valence electrons. The van der Waals surface area contributed by atoms with Crippen LogP contribution in [-0.2, 0) is 11.2 Å². The van der Waals surface area contributed by atoms with Gasteiger partial charge in [-0.3, -0.25) is 19.9 Å². The van der Waals surface area contributed by atoms with Crippen LogP contribution in [0.2, 0.25) is 0 Å². The lowest BCUT2D eigenvalue weighted by Gasteiger charge is -2.21. The number of anilines is 1. The van der Waals surface area contributed by atoms with E-state index in [1.165, 1.54) is 11.8 Å². The smallest absolute Gasteiger partial charge is 0.285 e. The number of hydrogen-bond acceptors (Lipinski definition) is 5. The monoisotopic (exact) mass is 263 g/mol. The second-order valence-electron chi connectivity index (χ2n) is 4.04. The highest BCUT2D eigenvalue weighted by atomic mass is 32.2. The molecule has 7 heteroatoms. The average Bonchev–Trinajstić information content (AvgIpc) is 2.37. The van der Waals surface area contributed by atoms with Gasteiger partial charge in [-0.1, -0.05) is 0 Å². The molecule has 0 spiro atoms. The summed E-state index contributed by atoms with van der Waals surface area (Å²) >= 11 is 1.38. The molecule has 18 heavy (non-hydrogen) atoms. The Morgan fingerprint density at radius 2 is 2.28 bits per heavy atom. The maximum absolute atomic E-state index is 11.4. The van der Waals surface area contributed by atoms with Crippen LogP contribution in [0.4, 0.5) is 17.1 Å². The maximum Gasteiger partial charge on any atom is 0.285 e. The summed E-state index contributed by atoms with van der Waals surface area (Å²) in [6, 6.07) is 1.56. The molecule has 2 aliphatic heterocycles. The Bertz CT molecular complexity index is 598. The zero-order valence-electron chi connectivity index (χ0n) is 9.30. The van der Waals surface area contributed by atoms with E-state index in [4.69, 9.17) is 0 Å². The van der Waals surface area contributed by atoms with E-state index in [1.54, 1.807) is 12.3 Å². The first-order valence-corrected chi connectivity index (χ1v) is 6.45. The Kier molecular flexibility index (Phi) is 2.55. The Morgan fingerprint density at radius 1 is 1.44 bits per heavy atom. The SMILES string of the molecule is O=C1CCc2cc([N+](=O)[O-])c3c(c2N1)N=CCS3. The largest absolute Gasteiger partial charge is 0.324 e. The highest BCUT2D eigenvalue weighted by molar-refractivity contribution is 8.00. The van der Waals surface area contributed by atoms with E-state index in [9.17, 15) is 14.9 Å². The quantitative estimate of drug-likeness (QED) is 0.622. The van der Waals surface area contributed by atoms with Crippen molar-refractivity contribution in [3.63, 3.8) is 0 Å². The summed E-state index contributed by atoms with van der Waals surface area (Å²) in [6.07, 6.45) is 2.59. The fraction of sp³-hybridized carbons (Fsp3) is 0.273. The Balaban J connectivity index is 2.26. The first-order chi connectivity index (χ1) is 8.66. The van der Waals surface area contributed by atoms with Gasteiger partial charge in [0.2, 0.25) is 5.91 Å². The number of hydrogen-bond donors (Lipinski definition) is 1. The molecule has 0 bridgehead atoms. The fourth-order valence-corrected chi connectivity index (χ4v) is 3.02. The van der Waals surface area contributed by atoms with Gasteiger partial charge in [0.25, 0.3) is 5.69 Å². The number of nitrogens with one attached hydrogen (secondary N) is 1. The zero-order chi connectivity index (χ0) is 12.7. The standard InChI is InChI=1S/C11H9N3O3S/c15-8-2-1-6-5-7(14(16)17)11-10(9(6)13-8)12-3-4-18-11/h3,5H,1-2,4H2,(H,13,15). The number of nitro benzene ring substituents is 1. The van der Waals surface area contributed by atoms with Crippen molar-refractivity contribution in [2.45, 2.75) is 17.7 Å². The molecule has 1 amide bonds. The number of fused-ring (bicyclic) bond motifs is 3. The van der Waals surface area contributed by atoms with E-state index < -0.39 is 0 Å². The van der Waals surface area contributed by atoms with Crippen LogP contribution in [0.25, 0.3) is 0 Å². The summed E-state index contributed by atoms with van der Waals surface area (Å²) in [4.78, 5) is 26.9. The summed E-state index contributed by atoms with van der Waals surface area (Å²) in [5.41, 5.74) is 2.04. The lowest BCUT2D eigenvalue weighted by atomic mass is 10.0. The number of nitro groups is 1. The van der Waals surface area contributed by atoms with Crippen LogP contribution in [0, 0.1) is 10.1 Å². The number of amides is 1. The number of benzene rings is 1. The predicted octanol–water partition coefficient (Wildman–Crippen LogP) is 2.29. The molecule has 0 aliphatic carbocycles. The van der Waals surface area contributed by atoms with Crippen molar-refractivity contribution < 1.29 is 9.72 Å². The molecule has 1 aromatic carbocycles. The lowest BCUT2D eigenvalue weighted by Crippen LogP contribution is -2.20. The van der Waals surface area contributed by atoms with Crippen molar-refractivity contribution in [1.29, 1.82) is 0 Å². The van der Waals surface area contributed by atoms with Gasteiger partial charge in [0.1, 0.15) is 10.6 Å². The van der Waals surface area contributed by atoms with Gasteiger partial charge in [-0.15, -0.1) is 11.8 Å². The van der Waals surface area contributed by atoms with E-state index in [0.717, 1.165) is 5.56 Å². The highest BCUT2D eigenvalue weighted by Crippen LogP contribution is 2.47. The van der Waals surface area contributed by atoms with Crippen molar-refractivity contribution in [2.75, 3.05) is 11.1 Å². The normalized spacial score (nSPS) is 16.8. The number of carbonyl (C=O) groups excluding carboxylic acids is 1. The second kappa shape index (κ2) is 4.09. The molecule has 3 rings (SSSR count). The van der Waals surface area contributed by atoms with Crippen LogP contribution in [0.3, 0.4) is 0 Å². The minimum atomic E-state index is -0.386. The Morgan fingerprint density at radius 3 is 3.06 bits per heavy atom. The summed E-state index contributed by atoms with van der Waals surface area (Å²) in [7, 11) is 0. The Labute approximate surface area is 107 Å². The van der Waals surface area contributed by atoms with Crippen LogP contribution in [0.1, 0.15) is 12.0 Å². The number of nitrogens with zero attached hydrogens (tertiary/aromatic N) is 2. The summed E-state index contributed by atoms with van der Waals surface area (Å²) in [5, 5.41) is 13.8. The van der Waals surface area contributed by atoms with E-state index in [1.807, 2.05) is 0 Å². The molecule has 2 heterocycles. The highest BCUT2D eigenvalue weighted by Gasteiger charge is 2.28. The third kappa shape index (κ3) is 1.67. The summed E-state index contributed by atoms with van der Waals surface area (Å²) in [5.74, 6) is 0.546. The van der Waals surface area contributed by atoms with E-state index >= 15 is 0 Å². The minimum Gasteiger partial charge on any atom is -0.324 e. The second-order valence-corrected chi connectivity index (χ2v) is 5.07. The van der Waals surface area contributed by atoms with Gasteiger partial charge in [0, 0.05) is 24.5 Å². The molecule has 6 nitrogen and oxygen atoms in total. The predicted molar refractivity (Wildman–Crippen MR) is 68.9 cm³/mol. The van der Waals surface area contributed by atoms with Crippen LogP contribution < -0.4 is 5.32 Å². The molecule has 0 saturated heterocycles. The summed E-state index contributed by atoms with van der Waals surface area (Å²) < 4.78 is 0. The van der Waals surface area contributed by atoms with E-state index in [0.29, 0.717) is 34.9 Å². The number of aryl methyl sites for hydroxylation is 1. The third-order valence-electron chi connectivity index (χ3n) is 2.92. The lowest BCUT2D eigenvalue weighted by molar-refractivity contribution is -0.387. The van der Waals surface area contributed by atoms with Gasteiger partial charge in [-0.05, 0) is 12.0 Å². The van der Waals surface area contributed by atoms with Crippen molar-refractivity contribution in [3.8, 4) is 0 Å². The molecular weight excluding hydrogens is 254 g/mol. The molecule has 0 unspecified atom stereocenters. The van der Waals surface area contributed by atoms with Crippen LogP contribution in [0.15, 0.2) is 16.0 Å². The number of aliphatic imine (C=N–C) groups is 1. The first kappa shape index (κ1) is 11.2. The molecule has 0 fully saturated rings. The molecule has 0 radical (unpaired) electrons. The minimum absolute atomic E-state index is 0.0654. The first-order valence-electron chi connectivity index (χ1n) is 5.46. The van der Waals surface area contributed by atoms with Gasteiger partial charge in [0.05, 0.1) is 10.6 Å². The van der Waals surface area contributed by atoms with Gasteiger partial charge in [-0.2, -0.15) is 0 Å². The van der Waals surface area contributed by atoms with E-state index in [2.05, 4.69) is 10.3 Å². The number of rotatable bonds is 1. The average molecular weight is 263 g/mol. The number of thioether (sulfide) groups is 1. The maximum atomic E-state index is 11.4. The molecule has 0 atom stereocenters. The van der Waals surface area contributed by atoms with Crippen molar-refractivity contribution >= 4 is 40.9 Å². The zero-order valence-corrected chi connectivity index (χ0v) is 10.1. The molecular formula is C11H9N3O3S. The molecule has 0 aromatic heterocycles. The molecule has 1 N–H and O–H groups in total. The van der Waals surface area contributed by atoms with Crippen molar-refractivity contribution in [1.82, 2.24) is 0 Å². The van der Waals surface area contributed by atoms with E-state index in [-0.39, 0.29) is 16.5 Å². The van der Waals surface area contributed by atoms with Crippen molar-refractivity contribution in [3.05, 3.63) is 21.7 Å². The molecule has 1 aromatic rings. The van der Waals surface area contributed by atoms with Crippen LogP contribution in [0.5, 0.6) is 0 Å². The van der Waals surface area contributed by atoms with Gasteiger partial charge >= 0.3 is 0 Å². The van der Waals surface area contributed by atoms with Gasteiger partial charge in [0.15, 0.2) is 0 Å². The van der Waals surface area contributed by atoms with Crippen molar-refractivity contribution in [2.24, 2.45) is 4.99 Å². The van der Waals surface area contributed by atoms with Crippen LogP contribution in [-0.4, -0.2) is 22.8 Å². The van der Waals surface area contributed by atoms with Crippen LogP contribution >= 0.6 is 11.8 Å². The summed E-state index contributed by atoms with van der Waals surface area (Å²) in [6.45, 7) is 0. The van der Waals surface area contributed by atoms with Gasteiger partial charge in [-0.25, -0.2) is 0 Å². The van der Waals surface area contributed by atoms with Gasteiger partial charge < -0.3 is 5.32 Å². The fourth-order valence-electron chi connectivity index (χ4n) is 2.13. The topological polar surface area (TPSA) is 84.6 Å².